The van der Waals surface area contributed by atoms with Crippen LogP contribution in [0.1, 0.15) is 24.0 Å². The van der Waals surface area contributed by atoms with Gasteiger partial charge in [0, 0.05) is 45.3 Å². The molecule has 2 saturated heterocycles. The van der Waals surface area contributed by atoms with E-state index in [1.807, 2.05) is 7.05 Å². The summed E-state index contributed by atoms with van der Waals surface area (Å²) in [5.74, 6) is 0.298. The number of benzene rings is 1. The summed E-state index contributed by atoms with van der Waals surface area (Å²) in [7, 11) is 2.02. The van der Waals surface area contributed by atoms with Crippen molar-refractivity contribution >= 4 is 30.7 Å². The van der Waals surface area contributed by atoms with Crippen molar-refractivity contribution in [3.05, 3.63) is 35.4 Å². The summed E-state index contributed by atoms with van der Waals surface area (Å²) in [5, 5.41) is 3.35. The Morgan fingerprint density at radius 3 is 2.52 bits per heavy atom. The molecule has 0 aliphatic carbocycles. The van der Waals surface area contributed by atoms with Crippen LogP contribution in [-0.2, 0) is 11.3 Å². The molecule has 27 heavy (non-hydrogen) atoms. The molecule has 0 saturated carbocycles. The van der Waals surface area contributed by atoms with Crippen LogP contribution < -0.4 is 5.32 Å². The zero-order valence-corrected chi connectivity index (χ0v) is 18.2. The molecule has 1 unspecified atom stereocenters. The zero-order valence-electron chi connectivity index (χ0n) is 16.5. The first kappa shape index (κ1) is 24.2. The molecule has 1 atom stereocenters. The van der Waals surface area contributed by atoms with E-state index in [1.54, 1.807) is 0 Å². The van der Waals surface area contributed by atoms with Gasteiger partial charge in [-0.25, -0.2) is 0 Å². The Morgan fingerprint density at radius 1 is 1.11 bits per heavy atom. The minimum absolute atomic E-state index is 0. The third-order valence-electron chi connectivity index (χ3n) is 5.49. The summed E-state index contributed by atoms with van der Waals surface area (Å²) < 4.78 is 0. The minimum atomic E-state index is 0. The number of rotatable bonds is 5. The van der Waals surface area contributed by atoms with Gasteiger partial charge in [-0.1, -0.05) is 29.8 Å². The number of likely N-dealkylation sites (tertiary alicyclic amines) is 1. The monoisotopic (exact) mass is 416 g/mol. The van der Waals surface area contributed by atoms with Crippen molar-refractivity contribution in [3.8, 4) is 0 Å². The molecule has 0 bridgehead atoms. The molecule has 2 aliphatic rings. The fourth-order valence-corrected chi connectivity index (χ4v) is 3.95. The molecular weight excluding hydrogens is 383 g/mol. The number of amides is 1. The Morgan fingerprint density at radius 2 is 1.85 bits per heavy atom. The lowest BCUT2D eigenvalue weighted by atomic mass is 10.1. The topological polar surface area (TPSA) is 38.8 Å². The number of piperazine rings is 1. The van der Waals surface area contributed by atoms with Gasteiger partial charge in [0.25, 0.3) is 0 Å². The second-order valence-corrected chi connectivity index (χ2v) is 7.51. The number of carbonyl (C=O) groups is 1. The summed E-state index contributed by atoms with van der Waals surface area (Å²) in [6.07, 6.45) is 2.40. The number of nitrogens with one attached hydrogen (secondary N) is 1. The van der Waals surface area contributed by atoms with E-state index in [-0.39, 0.29) is 24.8 Å². The highest BCUT2D eigenvalue weighted by Gasteiger charge is 2.25. The number of hydrogen-bond donors (Lipinski definition) is 1. The van der Waals surface area contributed by atoms with E-state index < -0.39 is 0 Å². The summed E-state index contributed by atoms with van der Waals surface area (Å²) >= 11 is 0. The van der Waals surface area contributed by atoms with Crippen molar-refractivity contribution < 1.29 is 4.79 Å². The average Bonchev–Trinajstić information content (AvgIpc) is 2.62. The number of nitrogens with zero attached hydrogens (tertiary/aromatic N) is 3. The number of halogens is 2. The van der Waals surface area contributed by atoms with Gasteiger partial charge in [0.15, 0.2) is 0 Å². The largest absolute Gasteiger partial charge is 0.339 e. The lowest BCUT2D eigenvalue weighted by molar-refractivity contribution is -0.134. The smallest absolute Gasteiger partial charge is 0.236 e. The number of piperidine rings is 1. The summed E-state index contributed by atoms with van der Waals surface area (Å²) in [6, 6.07) is 9.25. The Balaban J connectivity index is 0.00000182. The van der Waals surface area contributed by atoms with Crippen LogP contribution in [0, 0.1) is 6.92 Å². The predicted octanol–water partition coefficient (Wildman–Crippen LogP) is 2.17. The molecular formula is C20H34Cl2N4O. The Labute approximate surface area is 176 Å². The second-order valence-electron chi connectivity index (χ2n) is 7.51. The van der Waals surface area contributed by atoms with Gasteiger partial charge in [0.2, 0.25) is 5.91 Å². The highest BCUT2D eigenvalue weighted by atomic mass is 35.5. The Kier molecular flexibility index (Phi) is 10.6. The predicted molar refractivity (Wildman–Crippen MR) is 116 cm³/mol. The maximum atomic E-state index is 12.6. The van der Waals surface area contributed by atoms with E-state index >= 15 is 0 Å². The van der Waals surface area contributed by atoms with Crippen molar-refractivity contribution in [2.24, 2.45) is 0 Å². The zero-order chi connectivity index (χ0) is 17.6. The molecule has 1 amide bonds. The molecule has 0 aromatic heterocycles. The van der Waals surface area contributed by atoms with Crippen LogP contribution in [0.2, 0.25) is 0 Å². The average molecular weight is 417 g/mol. The molecule has 3 rings (SSSR count). The van der Waals surface area contributed by atoms with Crippen LogP contribution in [0.5, 0.6) is 0 Å². The lowest BCUT2D eigenvalue weighted by Gasteiger charge is -2.37. The quantitative estimate of drug-likeness (QED) is 0.797. The molecule has 1 N–H and O–H groups in total. The van der Waals surface area contributed by atoms with Gasteiger partial charge in [0.1, 0.15) is 0 Å². The van der Waals surface area contributed by atoms with E-state index in [4.69, 9.17) is 0 Å². The van der Waals surface area contributed by atoms with Gasteiger partial charge in [0.05, 0.1) is 6.54 Å². The maximum absolute atomic E-state index is 12.6. The standard InChI is InChI=1S/C20H32N4O.2ClH/c1-17-5-3-6-18(13-17)14-22-9-11-24(12-10-22)20(25)16-23-8-4-7-19(15-23)21-2;;/h3,5-6,13,19,21H,4,7-12,14-16H2,1-2H3;2*1H. The van der Waals surface area contributed by atoms with Gasteiger partial charge >= 0.3 is 0 Å². The van der Waals surface area contributed by atoms with Crippen LogP contribution in [0.15, 0.2) is 24.3 Å². The van der Waals surface area contributed by atoms with Gasteiger partial charge < -0.3 is 10.2 Å². The van der Waals surface area contributed by atoms with Crippen LogP contribution in [0.25, 0.3) is 0 Å². The molecule has 5 nitrogen and oxygen atoms in total. The maximum Gasteiger partial charge on any atom is 0.236 e. The van der Waals surface area contributed by atoms with E-state index in [0.717, 1.165) is 45.8 Å². The second kappa shape index (κ2) is 11.9. The first-order chi connectivity index (χ1) is 12.1. The van der Waals surface area contributed by atoms with E-state index in [1.165, 1.54) is 24.0 Å². The number of hydrogen-bond acceptors (Lipinski definition) is 4. The number of aryl methyl sites for hydroxylation is 1. The molecule has 0 spiro atoms. The summed E-state index contributed by atoms with van der Waals surface area (Å²) in [5.41, 5.74) is 2.68. The Hall–Kier alpha value is -0.850. The third kappa shape index (κ3) is 7.24. The van der Waals surface area contributed by atoms with Crippen LogP contribution in [-0.4, -0.2) is 79.5 Å². The molecule has 0 radical (unpaired) electrons. The molecule has 154 valence electrons. The first-order valence-corrected chi connectivity index (χ1v) is 9.59. The van der Waals surface area contributed by atoms with Gasteiger partial charge in [-0.3, -0.25) is 14.6 Å². The van der Waals surface area contributed by atoms with E-state index in [9.17, 15) is 4.79 Å². The fraction of sp³-hybridized carbons (Fsp3) is 0.650. The van der Waals surface area contributed by atoms with Crippen molar-refractivity contribution in [1.29, 1.82) is 0 Å². The lowest BCUT2D eigenvalue weighted by Crippen LogP contribution is -2.53. The minimum Gasteiger partial charge on any atom is -0.339 e. The van der Waals surface area contributed by atoms with Crippen LogP contribution >= 0.6 is 24.8 Å². The Bertz CT molecular complexity index is 579. The van der Waals surface area contributed by atoms with E-state index in [2.05, 4.69) is 51.2 Å². The molecule has 2 heterocycles. The number of likely N-dealkylation sites (N-methyl/N-ethyl adjacent to an activating group) is 1. The van der Waals surface area contributed by atoms with Crippen molar-refractivity contribution in [2.75, 3.05) is 52.9 Å². The first-order valence-electron chi connectivity index (χ1n) is 9.59. The van der Waals surface area contributed by atoms with Gasteiger partial charge in [-0.2, -0.15) is 0 Å². The van der Waals surface area contributed by atoms with Crippen molar-refractivity contribution in [2.45, 2.75) is 32.4 Å². The number of carbonyl (C=O) groups excluding carboxylic acids is 1. The normalized spacial score (nSPS) is 21.3. The van der Waals surface area contributed by atoms with Crippen molar-refractivity contribution in [3.63, 3.8) is 0 Å². The summed E-state index contributed by atoms with van der Waals surface area (Å²) in [6.45, 7) is 9.40. The SMILES string of the molecule is CNC1CCCN(CC(=O)N2CCN(Cc3cccc(C)c3)CC2)C1.Cl.Cl. The highest BCUT2D eigenvalue weighted by Crippen LogP contribution is 2.13. The fourth-order valence-electron chi connectivity index (χ4n) is 3.95. The molecule has 2 fully saturated rings. The van der Waals surface area contributed by atoms with Crippen LogP contribution in [0.4, 0.5) is 0 Å². The molecule has 2 aliphatic heterocycles. The highest BCUT2D eigenvalue weighted by molar-refractivity contribution is 5.85. The molecule has 1 aromatic carbocycles. The summed E-state index contributed by atoms with van der Waals surface area (Å²) in [4.78, 5) is 19.4. The third-order valence-corrected chi connectivity index (χ3v) is 5.49. The molecule has 7 heteroatoms. The van der Waals surface area contributed by atoms with Gasteiger partial charge in [-0.15, -0.1) is 24.8 Å². The van der Waals surface area contributed by atoms with Crippen LogP contribution in [0.3, 0.4) is 0 Å². The van der Waals surface area contributed by atoms with Gasteiger partial charge in [-0.05, 0) is 38.9 Å². The van der Waals surface area contributed by atoms with E-state index in [0.29, 0.717) is 18.5 Å². The van der Waals surface area contributed by atoms with Crippen molar-refractivity contribution in [1.82, 2.24) is 20.0 Å². The molecule has 1 aromatic rings.